The maximum Gasteiger partial charge on any atom is 0.451 e. The zero-order valence-electron chi connectivity index (χ0n) is 12.8. The van der Waals surface area contributed by atoms with E-state index in [-0.39, 0.29) is 6.61 Å². The number of likely N-dealkylation sites (tertiary alicyclic amines) is 1. The van der Waals surface area contributed by atoms with Gasteiger partial charge in [-0.1, -0.05) is 0 Å². The molecular weight excluding hydrogens is 309 g/mol. The third-order valence-electron chi connectivity index (χ3n) is 4.78. The first-order valence-corrected chi connectivity index (χ1v) is 7.97. The van der Waals surface area contributed by atoms with Gasteiger partial charge in [-0.2, -0.15) is 13.2 Å². The zero-order chi connectivity index (χ0) is 16.4. The highest BCUT2D eigenvalue weighted by Gasteiger charge is 2.37. The number of rotatable bonds is 4. The molecule has 3 heterocycles. The van der Waals surface area contributed by atoms with E-state index < -0.39 is 12.0 Å². The quantitative estimate of drug-likeness (QED) is 0.912. The third-order valence-corrected chi connectivity index (χ3v) is 4.78. The van der Waals surface area contributed by atoms with Gasteiger partial charge >= 0.3 is 6.18 Å². The van der Waals surface area contributed by atoms with Crippen LogP contribution in [0, 0.1) is 5.92 Å². The number of aliphatic hydroxyl groups excluding tert-OH is 1. The normalized spacial score (nSPS) is 21.5. The Kier molecular flexibility index (Phi) is 4.72. The predicted molar refractivity (Wildman–Crippen MR) is 79.0 cm³/mol. The molecule has 5 nitrogen and oxygen atoms in total. The van der Waals surface area contributed by atoms with Gasteiger partial charge < -0.3 is 10.0 Å². The average Bonchev–Trinajstić information content (AvgIpc) is 2.47. The largest absolute Gasteiger partial charge is 0.451 e. The Labute approximate surface area is 133 Å². The molecular formula is C15H21F3N4O. The second kappa shape index (κ2) is 6.60. The number of anilines is 1. The van der Waals surface area contributed by atoms with Crippen molar-refractivity contribution in [3.63, 3.8) is 0 Å². The summed E-state index contributed by atoms with van der Waals surface area (Å²) in [6, 6.07) is 1.91. The topological polar surface area (TPSA) is 52.5 Å². The van der Waals surface area contributed by atoms with E-state index in [1.54, 1.807) is 0 Å². The SMILES string of the molecule is OCCC1CCN(C2CN(c3ccnc(C(F)(F)F)n3)C2)CC1. The zero-order valence-corrected chi connectivity index (χ0v) is 12.8. The fourth-order valence-electron chi connectivity index (χ4n) is 3.32. The number of aromatic nitrogens is 2. The molecule has 0 aromatic carbocycles. The molecule has 3 rings (SSSR count). The van der Waals surface area contributed by atoms with Gasteiger partial charge in [0.2, 0.25) is 5.82 Å². The molecule has 2 aliphatic rings. The molecule has 0 unspecified atom stereocenters. The number of halogens is 3. The molecule has 0 saturated carbocycles. The summed E-state index contributed by atoms with van der Waals surface area (Å²) in [5, 5.41) is 8.98. The minimum absolute atomic E-state index is 0.247. The lowest BCUT2D eigenvalue weighted by atomic mass is 9.92. The number of hydrogen-bond donors (Lipinski definition) is 1. The van der Waals surface area contributed by atoms with Gasteiger partial charge in [-0.3, -0.25) is 4.90 Å². The predicted octanol–water partition coefficient (Wildman–Crippen LogP) is 1.78. The van der Waals surface area contributed by atoms with Crippen molar-refractivity contribution < 1.29 is 18.3 Å². The minimum Gasteiger partial charge on any atom is -0.396 e. The lowest BCUT2D eigenvalue weighted by Crippen LogP contribution is -2.61. The maximum atomic E-state index is 12.7. The smallest absolute Gasteiger partial charge is 0.396 e. The number of aliphatic hydroxyl groups is 1. The summed E-state index contributed by atoms with van der Waals surface area (Å²) in [5.74, 6) is -0.134. The minimum atomic E-state index is -4.51. The first-order valence-electron chi connectivity index (χ1n) is 7.97. The molecule has 0 amide bonds. The molecule has 0 radical (unpaired) electrons. The number of hydrogen-bond acceptors (Lipinski definition) is 5. The molecule has 0 aliphatic carbocycles. The van der Waals surface area contributed by atoms with E-state index >= 15 is 0 Å². The first-order chi connectivity index (χ1) is 11.0. The van der Waals surface area contributed by atoms with E-state index in [1.807, 2.05) is 4.90 Å². The van der Waals surface area contributed by atoms with Gasteiger partial charge in [-0.05, 0) is 44.3 Å². The average molecular weight is 330 g/mol. The summed E-state index contributed by atoms with van der Waals surface area (Å²) in [6.45, 7) is 3.66. The maximum absolute atomic E-state index is 12.7. The van der Waals surface area contributed by atoms with Crippen LogP contribution >= 0.6 is 0 Å². The highest BCUT2D eigenvalue weighted by atomic mass is 19.4. The molecule has 0 spiro atoms. The van der Waals surface area contributed by atoms with Gasteiger partial charge in [0.25, 0.3) is 0 Å². The van der Waals surface area contributed by atoms with Crippen LogP contribution in [0.15, 0.2) is 12.3 Å². The summed E-state index contributed by atoms with van der Waals surface area (Å²) in [7, 11) is 0. The molecule has 2 fully saturated rings. The lowest BCUT2D eigenvalue weighted by molar-refractivity contribution is -0.144. The van der Waals surface area contributed by atoms with Crippen LogP contribution in [0.4, 0.5) is 19.0 Å². The fourth-order valence-corrected chi connectivity index (χ4v) is 3.32. The van der Waals surface area contributed by atoms with E-state index in [9.17, 15) is 13.2 Å². The van der Waals surface area contributed by atoms with Gasteiger partial charge in [0.1, 0.15) is 5.82 Å². The Morgan fingerprint density at radius 3 is 2.52 bits per heavy atom. The Hall–Kier alpha value is -1.41. The summed E-state index contributed by atoms with van der Waals surface area (Å²) < 4.78 is 38.0. The van der Waals surface area contributed by atoms with Gasteiger partial charge in [0.05, 0.1) is 0 Å². The Bertz CT molecular complexity index is 526. The first kappa shape index (κ1) is 16.4. The van der Waals surface area contributed by atoms with Crippen molar-refractivity contribution in [2.75, 3.05) is 37.7 Å². The van der Waals surface area contributed by atoms with E-state index in [2.05, 4.69) is 14.9 Å². The van der Waals surface area contributed by atoms with Crippen molar-refractivity contribution in [3.8, 4) is 0 Å². The van der Waals surface area contributed by atoms with Crippen LogP contribution in [0.25, 0.3) is 0 Å². The number of piperidine rings is 1. The number of alkyl halides is 3. The Morgan fingerprint density at radius 1 is 1.22 bits per heavy atom. The lowest BCUT2D eigenvalue weighted by Gasteiger charge is -2.48. The second-order valence-electron chi connectivity index (χ2n) is 6.29. The molecule has 128 valence electrons. The van der Waals surface area contributed by atoms with Crippen LogP contribution in [-0.2, 0) is 6.18 Å². The molecule has 23 heavy (non-hydrogen) atoms. The van der Waals surface area contributed by atoms with Crippen LogP contribution in [0.2, 0.25) is 0 Å². The molecule has 2 saturated heterocycles. The van der Waals surface area contributed by atoms with E-state index in [1.165, 1.54) is 12.3 Å². The van der Waals surface area contributed by atoms with Crippen molar-refractivity contribution in [2.45, 2.75) is 31.5 Å². The Morgan fingerprint density at radius 2 is 1.91 bits per heavy atom. The molecule has 2 aliphatic heterocycles. The molecule has 0 atom stereocenters. The monoisotopic (exact) mass is 330 g/mol. The van der Waals surface area contributed by atoms with E-state index in [0.717, 1.165) is 32.4 Å². The van der Waals surface area contributed by atoms with Crippen molar-refractivity contribution in [2.24, 2.45) is 5.92 Å². The van der Waals surface area contributed by atoms with Crippen LogP contribution in [-0.4, -0.2) is 58.8 Å². The molecule has 8 heteroatoms. The highest BCUT2D eigenvalue weighted by Crippen LogP contribution is 2.30. The van der Waals surface area contributed by atoms with Crippen LogP contribution in [0.1, 0.15) is 25.1 Å². The molecule has 1 N–H and O–H groups in total. The summed E-state index contributed by atoms with van der Waals surface area (Å²) in [5.41, 5.74) is 0. The van der Waals surface area contributed by atoms with Gasteiger partial charge in [-0.25, -0.2) is 9.97 Å². The highest BCUT2D eigenvalue weighted by molar-refractivity contribution is 5.42. The van der Waals surface area contributed by atoms with Crippen molar-refractivity contribution >= 4 is 5.82 Å². The van der Waals surface area contributed by atoms with Crippen LogP contribution in [0.5, 0.6) is 0 Å². The van der Waals surface area contributed by atoms with Gasteiger partial charge in [0, 0.05) is 31.9 Å². The summed E-state index contributed by atoms with van der Waals surface area (Å²) >= 11 is 0. The molecule has 0 bridgehead atoms. The third kappa shape index (κ3) is 3.74. The van der Waals surface area contributed by atoms with Crippen molar-refractivity contribution in [1.29, 1.82) is 0 Å². The number of nitrogens with zero attached hydrogens (tertiary/aromatic N) is 4. The molecule has 1 aromatic heterocycles. The second-order valence-corrected chi connectivity index (χ2v) is 6.29. The standard InChI is InChI=1S/C15H21F3N4O/c16-15(17,18)14-19-5-1-13(20-14)22-9-12(10-22)21-6-2-11(3-7-21)4-8-23/h1,5,11-12,23H,2-4,6-10H2. The fraction of sp³-hybridized carbons (Fsp3) is 0.733. The summed E-state index contributed by atoms with van der Waals surface area (Å²) in [4.78, 5) is 11.2. The van der Waals surface area contributed by atoms with Crippen LogP contribution in [0.3, 0.4) is 0 Å². The summed E-state index contributed by atoms with van der Waals surface area (Å²) in [6.07, 6.45) is -0.300. The van der Waals surface area contributed by atoms with Crippen molar-refractivity contribution in [1.82, 2.24) is 14.9 Å². The van der Waals surface area contributed by atoms with Gasteiger partial charge in [-0.15, -0.1) is 0 Å². The van der Waals surface area contributed by atoms with E-state index in [0.29, 0.717) is 30.9 Å². The van der Waals surface area contributed by atoms with Crippen LogP contribution < -0.4 is 4.90 Å². The molecule has 1 aromatic rings. The van der Waals surface area contributed by atoms with E-state index in [4.69, 9.17) is 5.11 Å². The van der Waals surface area contributed by atoms with Gasteiger partial charge in [0.15, 0.2) is 0 Å². The Balaban J connectivity index is 1.52. The van der Waals surface area contributed by atoms with Crippen molar-refractivity contribution in [3.05, 3.63) is 18.1 Å².